The summed E-state index contributed by atoms with van der Waals surface area (Å²) in [4.78, 5) is 11.9. The van der Waals surface area contributed by atoms with Gasteiger partial charge in [-0.05, 0) is 18.2 Å². The average molecular weight is 393 g/mol. The van der Waals surface area contributed by atoms with E-state index in [1.165, 1.54) is 0 Å². The van der Waals surface area contributed by atoms with Gasteiger partial charge < -0.3 is 15.7 Å². The van der Waals surface area contributed by atoms with Crippen molar-refractivity contribution in [3.8, 4) is 0 Å². The van der Waals surface area contributed by atoms with E-state index >= 15 is 0 Å². The number of hydrogen-bond donors (Lipinski definition) is 3. The average Bonchev–Trinajstić information content (AvgIpc) is 2.87. The van der Waals surface area contributed by atoms with Crippen molar-refractivity contribution in [2.45, 2.75) is 18.5 Å². The van der Waals surface area contributed by atoms with E-state index in [2.05, 4.69) is 10.6 Å². The van der Waals surface area contributed by atoms with Crippen molar-refractivity contribution in [1.29, 1.82) is 0 Å². The maximum Gasteiger partial charge on any atom is 0.416 e. The minimum atomic E-state index is -5.01. The van der Waals surface area contributed by atoms with Crippen LogP contribution in [0.1, 0.15) is 21.5 Å². The van der Waals surface area contributed by atoms with Crippen molar-refractivity contribution >= 4 is 18.3 Å². The fourth-order valence-corrected chi connectivity index (χ4v) is 2.34. The van der Waals surface area contributed by atoms with Crippen molar-refractivity contribution < 1.29 is 36.2 Å². The standard InChI is InChI=1S/C14H14F6N2O2.ClH/c15-13(16,17)9-1-7(2-10(3-9)14(18,19)20)12(24)22-5-8-4-21-6-11(8)23;/h1-3,8,11,21,23H,4-6H2,(H,22,24);1H. The number of alkyl halides is 6. The molecule has 2 rings (SSSR count). The molecule has 0 radical (unpaired) electrons. The maximum atomic E-state index is 12.7. The molecule has 25 heavy (non-hydrogen) atoms. The molecule has 0 aromatic heterocycles. The lowest BCUT2D eigenvalue weighted by Crippen LogP contribution is -2.34. The van der Waals surface area contributed by atoms with Gasteiger partial charge in [-0.25, -0.2) is 0 Å². The zero-order chi connectivity index (χ0) is 18.1. The number of aliphatic hydroxyl groups is 1. The van der Waals surface area contributed by atoms with E-state index < -0.39 is 41.1 Å². The van der Waals surface area contributed by atoms with Gasteiger partial charge in [0.1, 0.15) is 0 Å². The molecule has 142 valence electrons. The minimum absolute atomic E-state index is 0. The SMILES string of the molecule is Cl.O=C(NCC1CNCC1O)c1cc(C(F)(F)F)cc(C(F)(F)F)c1. The molecule has 4 nitrogen and oxygen atoms in total. The summed E-state index contributed by atoms with van der Waals surface area (Å²) in [6, 6.07) is 0.698. The third-order valence-electron chi connectivity index (χ3n) is 3.68. The number of nitrogens with one attached hydrogen (secondary N) is 2. The van der Waals surface area contributed by atoms with Crippen LogP contribution in [0.15, 0.2) is 18.2 Å². The van der Waals surface area contributed by atoms with Gasteiger partial charge in [0.05, 0.1) is 17.2 Å². The Balaban J connectivity index is 0.00000312. The second-order valence-electron chi connectivity index (χ2n) is 5.49. The van der Waals surface area contributed by atoms with Crippen LogP contribution in [0.4, 0.5) is 26.3 Å². The summed E-state index contributed by atoms with van der Waals surface area (Å²) >= 11 is 0. The number of aliphatic hydroxyl groups excluding tert-OH is 1. The first kappa shape index (κ1) is 21.5. The molecule has 1 amide bonds. The molecule has 3 N–H and O–H groups in total. The third kappa shape index (κ3) is 5.48. The molecule has 1 aliphatic heterocycles. The third-order valence-corrected chi connectivity index (χ3v) is 3.68. The van der Waals surface area contributed by atoms with Crippen molar-refractivity contribution in [1.82, 2.24) is 10.6 Å². The lowest BCUT2D eigenvalue weighted by molar-refractivity contribution is -0.143. The van der Waals surface area contributed by atoms with Gasteiger partial charge in [-0.3, -0.25) is 4.79 Å². The van der Waals surface area contributed by atoms with Gasteiger partial charge in [0, 0.05) is 31.1 Å². The first-order valence-corrected chi connectivity index (χ1v) is 6.95. The van der Waals surface area contributed by atoms with Gasteiger partial charge in [-0.2, -0.15) is 26.3 Å². The van der Waals surface area contributed by atoms with E-state index in [1.54, 1.807) is 0 Å². The molecule has 1 fully saturated rings. The van der Waals surface area contributed by atoms with E-state index in [1.807, 2.05) is 0 Å². The molecular weight excluding hydrogens is 378 g/mol. The topological polar surface area (TPSA) is 61.4 Å². The molecule has 0 aliphatic carbocycles. The van der Waals surface area contributed by atoms with Gasteiger partial charge in [0.15, 0.2) is 0 Å². The van der Waals surface area contributed by atoms with Crippen LogP contribution in [-0.2, 0) is 12.4 Å². The summed E-state index contributed by atoms with van der Waals surface area (Å²) < 4.78 is 76.5. The van der Waals surface area contributed by atoms with Crippen molar-refractivity contribution in [2.24, 2.45) is 5.92 Å². The molecule has 1 aromatic rings. The van der Waals surface area contributed by atoms with Crippen molar-refractivity contribution in [2.75, 3.05) is 19.6 Å². The quantitative estimate of drug-likeness (QED) is 0.693. The van der Waals surface area contributed by atoms with E-state index in [-0.39, 0.29) is 30.9 Å². The van der Waals surface area contributed by atoms with Crippen LogP contribution < -0.4 is 10.6 Å². The molecule has 2 atom stereocenters. The molecule has 1 saturated heterocycles. The number of carbonyl (C=O) groups excluding carboxylic acids is 1. The molecule has 1 aliphatic rings. The molecule has 0 bridgehead atoms. The van der Waals surface area contributed by atoms with Gasteiger partial charge in [-0.1, -0.05) is 0 Å². The molecule has 2 unspecified atom stereocenters. The van der Waals surface area contributed by atoms with Crippen LogP contribution in [-0.4, -0.2) is 36.8 Å². The summed E-state index contributed by atoms with van der Waals surface area (Å²) in [6.45, 7) is 0.630. The lowest BCUT2D eigenvalue weighted by Gasteiger charge is -2.16. The molecular formula is C14H15ClF6N2O2. The number of halogens is 7. The highest BCUT2D eigenvalue weighted by molar-refractivity contribution is 5.94. The first-order chi connectivity index (χ1) is 11.0. The van der Waals surface area contributed by atoms with Crippen molar-refractivity contribution in [3.63, 3.8) is 0 Å². The van der Waals surface area contributed by atoms with Gasteiger partial charge in [0.2, 0.25) is 0 Å². The second-order valence-corrected chi connectivity index (χ2v) is 5.49. The van der Waals surface area contributed by atoms with Crippen LogP contribution in [0.2, 0.25) is 0 Å². The van der Waals surface area contributed by atoms with Crippen LogP contribution in [0.5, 0.6) is 0 Å². The zero-order valence-electron chi connectivity index (χ0n) is 12.5. The molecule has 11 heteroatoms. The Morgan fingerprint density at radius 2 is 1.60 bits per heavy atom. The highest BCUT2D eigenvalue weighted by Gasteiger charge is 2.37. The Kier molecular flexibility index (Phi) is 6.71. The predicted octanol–water partition coefficient (Wildman–Crippen LogP) is 2.46. The van der Waals surface area contributed by atoms with Crippen LogP contribution in [0, 0.1) is 5.92 Å². The molecule has 0 spiro atoms. The fraction of sp³-hybridized carbons (Fsp3) is 0.500. The number of rotatable bonds is 3. The molecule has 1 heterocycles. The fourth-order valence-electron chi connectivity index (χ4n) is 2.34. The van der Waals surface area contributed by atoms with Crippen LogP contribution in [0.25, 0.3) is 0 Å². The summed E-state index contributed by atoms with van der Waals surface area (Å²) in [5, 5.41) is 14.7. The van der Waals surface area contributed by atoms with E-state index in [0.717, 1.165) is 0 Å². The molecule has 1 aromatic carbocycles. The van der Waals surface area contributed by atoms with Gasteiger partial charge >= 0.3 is 12.4 Å². The van der Waals surface area contributed by atoms with Crippen molar-refractivity contribution in [3.05, 3.63) is 34.9 Å². The minimum Gasteiger partial charge on any atom is -0.391 e. The van der Waals surface area contributed by atoms with Gasteiger partial charge in [-0.15, -0.1) is 12.4 Å². The van der Waals surface area contributed by atoms with Gasteiger partial charge in [0.25, 0.3) is 5.91 Å². The summed E-state index contributed by atoms with van der Waals surface area (Å²) in [6.07, 6.45) is -10.8. The lowest BCUT2D eigenvalue weighted by atomic mass is 10.0. The highest BCUT2D eigenvalue weighted by Crippen LogP contribution is 2.36. The Labute approximate surface area is 145 Å². The number of amides is 1. The van der Waals surface area contributed by atoms with Crippen LogP contribution in [0.3, 0.4) is 0 Å². The number of benzene rings is 1. The van der Waals surface area contributed by atoms with Crippen LogP contribution >= 0.6 is 12.4 Å². The van der Waals surface area contributed by atoms with E-state index in [4.69, 9.17) is 0 Å². The predicted molar refractivity (Wildman–Crippen MR) is 78.4 cm³/mol. The Morgan fingerprint density at radius 3 is 2.00 bits per heavy atom. The van der Waals surface area contributed by atoms with E-state index in [9.17, 15) is 36.2 Å². The summed E-state index contributed by atoms with van der Waals surface area (Å²) in [5.74, 6) is -1.42. The monoisotopic (exact) mass is 392 g/mol. The summed E-state index contributed by atoms with van der Waals surface area (Å²) in [5.41, 5.74) is -3.84. The number of carbonyl (C=O) groups is 1. The Morgan fingerprint density at radius 1 is 1.08 bits per heavy atom. The Bertz CT molecular complexity index is 588. The first-order valence-electron chi connectivity index (χ1n) is 6.95. The number of β-amino-alcohol motifs (C(OH)–C–C–N with tert-alkyl or cyclic N) is 1. The second kappa shape index (κ2) is 7.79. The maximum absolute atomic E-state index is 12.7. The highest BCUT2D eigenvalue weighted by atomic mass is 35.5. The van der Waals surface area contributed by atoms with E-state index in [0.29, 0.717) is 25.2 Å². The smallest absolute Gasteiger partial charge is 0.391 e. The number of hydrogen-bond acceptors (Lipinski definition) is 3. The summed E-state index contributed by atoms with van der Waals surface area (Å²) in [7, 11) is 0. The largest absolute Gasteiger partial charge is 0.416 e. The molecule has 0 saturated carbocycles. The normalized spacial score (nSPS) is 20.9. The Hall–Kier alpha value is -1.52. The zero-order valence-corrected chi connectivity index (χ0v) is 13.4.